The standard InChI is InChI=1S/C10H15NOS/c1-2-11(7-8-12)9-3-5-10(13)6-4-9/h3-6,12-13H,2,7-8H2,1H3. The summed E-state index contributed by atoms with van der Waals surface area (Å²) in [5, 5.41) is 8.83. The molecule has 0 aliphatic heterocycles. The smallest absolute Gasteiger partial charge is 0.0606 e. The Bertz CT molecular complexity index is 248. The van der Waals surface area contributed by atoms with E-state index in [0.717, 1.165) is 17.1 Å². The zero-order chi connectivity index (χ0) is 9.68. The first-order valence-corrected chi connectivity index (χ1v) is 4.87. The fourth-order valence-corrected chi connectivity index (χ4v) is 1.40. The van der Waals surface area contributed by atoms with Crippen molar-refractivity contribution >= 4 is 18.3 Å². The van der Waals surface area contributed by atoms with Crippen molar-refractivity contribution in [3.8, 4) is 0 Å². The van der Waals surface area contributed by atoms with Crippen molar-refractivity contribution in [1.82, 2.24) is 0 Å². The molecule has 0 amide bonds. The van der Waals surface area contributed by atoms with E-state index in [2.05, 4.69) is 24.5 Å². The molecule has 0 saturated heterocycles. The van der Waals surface area contributed by atoms with Crippen LogP contribution in [0.2, 0.25) is 0 Å². The van der Waals surface area contributed by atoms with Crippen molar-refractivity contribution in [2.75, 3.05) is 24.6 Å². The summed E-state index contributed by atoms with van der Waals surface area (Å²) in [6.07, 6.45) is 0. The van der Waals surface area contributed by atoms with Gasteiger partial charge in [0, 0.05) is 23.7 Å². The van der Waals surface area contributed by atoms with Crippen molar-refractivity contribution in [2.45, 2.75) is 11.8 Å². The van der Waals surface area contributed by atoms with E-state index in [1.807, 2.05) is 24.3 Å². The van der Waals surface area contributed by atoms with Crippen LogP contribution in [0.15, 0.2) is 29.2 Å². The molecule has 0 aromatic heterocycles. The first-order chi connectivity index (χ1) is 6.27. The quantitative estimate of drug-likeness (QED) is 0.719. The molecule has 13 heavy (non-hydrogen) atoms. The van der Waals surface area contributed by atoms with Gasteiger partial charge in [0.25, 0.3) is 0 Å². The molecule has 0 radical (unpaired) electrons. The first-order valence-electron chi connectivity index (χ1n) is 4.42. The molecule has 0 fully saturated rings. The van der Waals surface area contributed by atoms with Gasteiger partial charge in [0.15, 0.2) is 0 Å². The van der Waals surface area contributed by atoms with Crippen molar-refractivity contribution < 1.29 is 5.11 Å². The summed E-state index contributed by atoms with van der Waals surface area (Å²) in [6, 6.07) is 7.94. The maximum atomic E-state index is 8.83. The maximum Gasteiger partial charge on any atom is 0.0606 e. The minimum Gasteiger partial charge on any atom is -0.395 e. The predicted octanol–water partition coefficient (Wildman–Crippen LogP) is 1.79. The van der Waals surface area contributed by atoms with Gasteiger partial charge in [-0.3, -0.25) is 0 Å². The van der Waals surface area contributed by atoms with E-state index in [-0.39, 0.29) is 6.61 Å². The Balaban J connectivity index is 2.73. The lowest BCUT2D eigenvalue weighted by Crippen LogP contribution is -2.25. The van der Waals surface area contributed by atoms with E-state index in [1.54, 1.807) is 0 Å². The molecule has 1 rings (SSSR count). The molecule has 0 aliphatic carbocycles. The number of benzene rings is 1. The van der Waals surface area contributed by atoms with Crippen LogP contribution in [0.1, 0.15) is 6.92 Å². The third-order valence-electron chi connectivity index (χ3n) is 1.97. The monoisotopic (exact) mass is 197 g/mol. The molecule has 0 spiro atoms. The third-order valence-corrected chi connectivity index (χ3v) is 2.26. The summed E-state index contributed by atoms with van der Waals surface area (Å²) in [6.45, 7) is 3.86. The Hall–Kier alpha value is -0.670. The summed E-state index contributed by atoms with van der Waals surface area (Å²) in [7, 11) is 0. The maximum absolute atomic E-state index is 8.83. The number of hydrogen-bond acceptors (Lipinski definition) is 3. The van der Waals surface area contributed by atoms with Crippen molar-refractivity contribution in [3.63, 3.8) is 0 Å². The van der Waals surface area contributed by atoms with Crippen LogP contribution in [0.4, 0.5) is 5.69 Å². The van der Waals surface area contributed by atoms with Gasteiger partial charge in [-0.05, 0) is 31.2 Å². The van der Waals surface area contributed by atoms with E-state index in [4.69, 9.17) is 5.11 Å². The van der Waals surface area contributed by atoms with Gasteiger partial charge in [0.05, 0.1) is 6.61 Å². The molecule has 3 heteroatoms. The Kier molecular flexibility index (Phi) is 4.12. The molecule has 1 N–H and O–H groups in total. The molecule has 2 nitrogen and oxygen atoms in total. The Morgan fingerprint density at radius 3 is 2.38 bits per heavy atom. The lowest BCUT2D eigenvalue weighted by molar-refractivity contribution is 0.302. The predicted molar refractivity (Wildman–Crippen MR) is 58.7 cm³/mol. The van der Waals surface area contributed by atoms with E-state index in [1.165, 1.54) is 0 Å². The summed E-state index contributed by atoms with van der Waals surface area (Å²) >= 11 is 4.21. The van der Waals surface area contributed by atoms with Gasteiger partial charge in [-0.15, -0.1) is 12.6 Å². The Labute approximate surface area is 84.6 Å². The minimum absolute atomic E-state index is 0.191. The van der Waals surface area contributed by atoms with Gasteiger partial charge in [-0.25, -0.2) is 0 Å². The van der Waals surface area contributed by atoms with Crippen molar-refractivity contribution in [1.29, 1.82) is 0 Å². The average Bonchev–Trinajstić information content (AvgIpc) is 2.16. The largest absolute Gasteiger partial charge is 0.395 e. The Morgan fingerprint density at radius 2 is 1.92 bits per heavy atom. The highest BCUT2D eigenvalue weighted by Gasteiger charge is 2.01. The number of anilines is 1. The fraction of sp³-hybridized carbons (Fsp3) is 0.400. The van der Waals surface area contributed by atoms with E-state index in [0.29, 0.717) is 6.54 Å². The van der Waals surface area contributed by atoms with E-state index < -0.39 is 0 Å². The van der Waals surface area contributed by atoms with Crippen LogP contribution in [0.3, 0.4) is 0 Å². The number of aliphatic hydroxyl groups excluding tert-OH is 1. The zero-order valence-corrected chi connectivity index (χ0v) is 8.67. The van der Waals surface area contributed by atoms with Crippen LogP contribution < -0.4 is 4.90 Å². The van der Waals surface area contributed by atoms with Gasteiger partial charge in [0.1, 0.15) is 0 Å². The second-order valence-corrected chi connectivity index (χ2v) is 3.34. The van der Waals surface area contributed by atoms with Gasteiger partial charge in [-0.1, -0.05) is 0 Å². The topological polar surface area (TPSA) is 23.5 Å². The highest BCUT2D eigenvalue weighted by atomic mass is 32.1. The lowest BCUT2D eigenvalue weighted by atomic mass is 10.3. The van der Waals surface area contributed by atoms with Gasteiger partial charge >= 0.3 is 0 Å². The summed E-state index contributed by atoms with van der Waals surface area (Å²) < 4.78 is 0. The minimum atomic E-state index is 0.191. The molecule has 0 unspecified atom stereocenters. The summed E-state index contributed by atoms with van der Waals surface area (Å²) in [5.41, 5.74) is 1.13. The number of hydrogen-bond donors (Lipinski definition) is 2. The van der Waals surface area contributed by atoms with Crippen molar-refractivity contribution in [3.05, 3.63) is 24.3 Å². The number of aliphatic hydroxyl groups is 1. The zero-order valence-electron chi connectivity index (χ0n) is 7.77. The SMILES string of the molecule is CCN(CCO)c1ccc(S)cc1. The van der Waals surface area contributed by atoms with Crippen LogP contribution in [-0.2, 0) is 0 Å². The lowest BCUT2D eigenvalue weighted by Gasteiger charge is -2.21. The second kappa shape index (κ2) is 5.14. The average molecular weight is 197 g/mol. The van der Waals surface area contributed by atoms with Gasteiger partial charge < -0.3 is 10.0 Å². The van der Waals surface area contributed by atoms with Gasteiger partial charge in [0.2, 0.25) is 0 Å². The highest BCUT2D eigenvalue weighted by Crippen LogP contribution is 2.16. The number of nitrogens with zero attached hydrogens (tertiary/aromatic N) is 1. The molecule has 0 aliphatic rings. The summed E-state index contributed by atoms with van der Waals surface area (Å²) in [4.78, 5) is 3.08. The molecular formula is C10H15NOS. The molecule has 0 heterocycles. The second-order valence-electron chi connectivity index (χ2n) is 2.82. The first kappa shape index (κ1) is 10.4. The number of likely N-dealkylation sites (N-methyl/N-ethyl adjacent to an activating group) is 1. The fourth-order valence-electron chi connectivity index (χ4n) is 1.25. The molecule has 1 aromatic rings. The number of rotatable bonds is 4. The van der Waals surface area contributed by atoms with Crippen molar-refractivity contribution in [2.24, 2.45) is 0 Å². The Morgan fingerprint density at radius 1 is 1.31 bits per heavy atom. The molecule has 1 aromatic carbocycles. The van der Waals surface area contributed by atoms with Crippen LogP contribution in [0.25, 0.3) is 0 Å². The van der Waals surface area contributed by atoms with Crippen LogP contribution in [-0.4, -0.2) is 24.8 Å². The van der Waals surface area contributed by atoms with E-state index >= 15 is 0 Å². The van der Waals surface area contributed by atoms with Crippen LogP contribution in [0, 0.1) is 0 Å². The summed E-state index contributed by atoms with van der Waals surface area (Å²) in [5.74, 6) is 0. The highest BCUT2D eigenvalue weighted by molar-refractivity contribution is 7.80. The normalized spacial score (nSPS) is 10.1. The molecule has 0 saturated carbocycles. The number of thiol groups is 1. The van der Waals surface area contributed by atoms with Crippen LogP contribution in [0.5, 0.6) is 0 Å². The molecule has 72 valence electrons. The molecular weight excluding hydrogens is 182 g/mol. The third kappa shape index (κ3) is 2.94. The van der Waals surface area contributed by atoms with E-state index in [9.17, 15) is 0 Å². The molecule has 0 bridgehead atoms. The van der Waals surface area contributed by atoms with Crippen LogP contribution >= 0.6 is 12.6 Å². The van der Waals surface area contributed by atoms with Gasteiger partial charge in [-0.2, -0.15) is 0 Å². The molecule has 0 atom stereocenters.